The number of halogens is 1. The Morgan fingerprint density at radius 3 is 3.12 bits per heavy atom. The molecule has 0 radical (unpaired) electrons. The first-order chi connectivity index (χ1) is 8.34. The fraction of sp³-hybridized carbons (Fsp3) is 0.571. The summed E-state index contributed by atoms with van der Waals surface area (Å²) in [5, 5.41) is 4.35. The van der Waals surface area contributed by atoms with Gasteiger partial charge in [-0.3, -0.25) is 0 Å². The van der Waals surface area contributed by atoms with E-state index < -0.39 is 0 Å². The summed E-state index contributed by atoms with van der Waals surface area (Å²) in [6, 6.07) is 8.67. The summed E-state index contributed by atoms with van der Waals surface area (Å²) < 4.78 is 1.19. The van der Waals surface area contributed by atoms with E-state index in [0.717, 1.165) is 5.25 Å². The highest BCUT2D eigenvalue weighted by Crippen LogP contribution is 2.22. The number of hydrogen-bond donors (Lipinski definition) is 1. The lowest BCUT2D eigenvalue weighted by molar-refractivity contribution is 0.703. The predicted octanol–water partition coefficient (Wildman–Crippen LogP) is 3.87. The molecule has 2 rings (SSSR count). The van der Waals surface area contributed by atoms with Gasteiger partial charge < -0.3 is 5.32 Å². The van der Waals surface area contributed by atoms with E-state index in [9.17, 15) is 0 Å². The molecule has 1 aromatic rings. The summed E-state index contributed by atoms with van der Waals surface area (Å²) in [5.74, 6) is 1.25. The lowest BCUT2D eigenvalue weighted by atomic mass is 10.2. The average molecular weight is 314 g/mol. The molecule has 1 unspecified atom stereocenters. The zero-order valence-electron chi connectivity index (χ0n) is 10.1. The van der Waals surface area contributed by atoms with Crippen LogP contribution in [0.1, 0.15) is 24.8 Å². The van der Waals surface area contributed by atoms with E-state index in [4.69, 9.17) is 0 Å². The van der Waals surface area contributed by atoms with E-state index in [0.29, 0.717) is 0 Å². The van der Waals surface area contributed by atoms with Crippen LogP contribution in [-0.2, 0) is 6.42 Å². The Bertz CT molecular complexity index is 335. The third-order valence-electron chi connectivity index (χ3n) is 3.16. The summed E-state index contributed by atoms with van der Waals surface area (Å²) in [7, 11) is 0. The van der Waals surface area contributed by atoms with Gasteiger partial charge in [-0.2, -0.15) is 11.8 Å². The molecule has 1 saturated heterocycles. The second-order valence-electron chi connectivity index (χ2n) is 4.55. The zero-order chi connectivity index (χ0) is 11.9. The van der Waals surface area contributed by atoms with Gasteiger partial charge in [0.1, 0.15) is 0 Å². The summed E-state index contributed by atoms with van der Waals surface area (Å²) in [6.45, 7) is 2.41. The quantitative estimate of drug-likeness (QED) is 0.905. The minimum atomic E-state index is 0.872. The average Bonchev–Trinajstić information content (AvgIpc) is 2.58. The zero-order valence-corrected chi connectivity index (χ0v) is 12.5. The largest absolute Gasteiger partial charge is 0.317 e. The Hall–Kier alpha value is 0.01000. The second-order valence-corrected chi connectivity index (χ2v) is 6.88. The molecule has 1 heterocycles. The van der Waals surface area contributed by atoms with Crippen LogP contribution in [0.4, 0.5) is 0 Å². The molecule has 94 valence electrons. The lowest BCUT2D eigenvalue weighted by Crippen LogP contribution is -2.14. The summed E-state index contributed by atoms with van der Waals surface area (Å²) in [4.78, 5) is 0. The molecule has 1 aliphatic rings. The van der Waals surface area contributed by atoms with Gasteiger partial charge in [-0.25, -0.2) is 0 Å². The first-order valence-corrected chi connectivity index (χ1v) is 8.25. The van der Waals surface area contributed by atoms with E-state index in [1.807, 2.05) is 0 Å². The third-order valence-corrected chi connectivity index (χ3v) is 5.03. The smallest absolute Gasteiger partial charge is 0.0178 e. The summed E-state index contributed by atoms with van der Waals surface area (Å²) in [5.41, 5.74) is 1.44. The Morgan fingerprint density at radius 1 is 1.29 bits per heavy atom. The molecule has 0 bridgehead atoms. The van der Waals surface area contributed by atoms with Gasteiger partial charge >= 0.3 is 0 Å². The van der Waals surface area contributed by atoms with Crippen LogP contribution in [0.3, 0.4) is 0 Å². The van der Waals surface area contributed by atoms with Crippen molar-refractivity contribution in [3.63, 3.8) is 0 Å². The maximum Gasteiger partial charge on any atom is 0.0178 e. The van der Waals surface area contributed by atoms with Crippen molar-refractivity contribution in [3.05, 3.63) is 34.3 Å². The van der Waals surface area contributed by atoms with Gasteiger partial charge in [0.25, 0.3) is 0 Å². The van der Waals surface area contributed by atoms with Gasteiger partial charge in [0.2, 0.25) is 0 Å². The standard InChI is InChI=1S/C14H20BrNS/c15-13-4-1-3-12(11-13)7-10-17-14-5-2-8-16-9-6-14/h1,3-4,11,14,16H,2,5-10H2. The topological polar surface area (TPSA) is 12.0 Å². The van der Waals surface area contributed by atoms with E-state index in [-0.39, 0.29) is 0 Å². The van der Waals surface area contributed by atoms with Crippen molar-refractivity contribution in [3.8, 4) is 0 Å². The van der Waals surface area contributed by atoms with Crippen molar-refractivity contribution in [1.29, 1.82) is 0 Å². The minimum absolute atomic E-state index is 0.872. The lowest BCUT2D eigenvalue weighted by Gasteiger charge is -2.12. The molecular weight excluding hydrogens is 294 g/mol. The molecule has 0 spiro atoms. The van der Waals surface area contributed by atoms with Crippen molar-refractivity contribution in [2.75, 3.05) is 18.8 Å². The maximum atomic E-state index is 3.53. The van der Waals surface area contributed by atoms with Gasteiger partial charge in [0.05, 0.1) is 0 Å². The van der Waals surface area contributed by atoms with Crippen LogP contribution in [0.2, 0.25) is 0 Å². The highest BCUT2D eigenvalue weighted by Gasteiger charge is 2.11. The Balaban J connectivity index is 1.71. The van der Waals surface area contributed by atoms with E-state index in [1.54, 1.807) is 0 Å². The van der Waals surface area contributed by atoms with Crippen molar-refractivity contribution in [2.45, 2.75) is 30.9 Å². The van der Waals surface area contributed by atoms with Crippen LogP contribution in [-0.4, -0.2) is 24.1 Å². The van der Waals surface area contributed by atoms with E-state index >= 15 is 0 Å². The highest BCUT2D eigenvalue weighted by molar-refractivity contribution is 9.10. The van der Waals surface area contributed by atoms with Crippen LogP contribution < -0.4 is 5.32 Å². The molecule has 1 atom stereocenters. The van der Waals surface area contributed by atoms with Gasteiger partial charge in [-0.1, -0.05) is 28.1 Å². The van der Waals surface area contributed by atoms with Crippen LogP contribution in [0.5, 0.6) is 0 Å². The molecule has 1 aromatic carbocycles. The normalized spacial score (nSPS) is 21.1. The summed E-state index contributed by atoms with van der Waals surface area (Å²) in [6.07, 6.45) is 5.25. The molecular formula is C14H20BrNS. The maximum absolute atomic E-state index is 3.53. The number of aryl methyl sites for hydroxylation is 1. The van der Waals surface area contributed by atoms with Crippen LogP contribution in [0, 0.1) is 0 Å². The van der Waals surface area contributed by atoms with Crippen molar-refractivity contribution in [1.82, 2.24) is 5.32 Å². The van der Waals surface area contributed by atoms with Gasteiger partial charge in [-0.15, -0.1) is 0 Å². The second kappa shape index (κ2) is 7.45. The minimum Gasteiger partial charge on any atom is -0.317 e. The first kappa shape index (κ1) is 13.4. The van der Waals surface area contributed by atoms with Crippen molar-refractivity contribution >= 4 is 27.7 Å². The third kappa shape index (κ3) is 5.02. The van der Waals surface area contributed by atoms with Crippen LogP contribution in [0.15, 0.2) is 28.7 Å². The number of rotatable bonds is 4. The Morgan fingerprint density at radius 2 is 2.24 bits per heavy atom. The first-order valence-electron chi connectivity index (χ1n) is 6.41. The molecule has 1 N–H and O–H groups in total. The van der Waals surface area contributed by atoms with Crippen molar-refractivity contribution in [2.24, 2.45) is 0 Å². The fourth-order valence-electron chi connectivity index (χ4n) is 2.19. The molecule has 0 aliphatic carbocycles. The number of nitrogens with one attached hydrogen (secondary N) is 1. The molecule has 0 saturated carbocycles. The number of benzene rings is 1. The van der Waals surface area contributed by atoms with Crippen molar-refractivity contribution < 1.29 is 0 Å². The van der Waals surface area contributed by atoms with Gasteiger partial charge in [-0.05, 0) is 62.2 Å². The molecule has 3 heteroatoms. The fourth-order valence-corrected chi connectivity index (χ4v) is 3.94. The Kier molecular flexibility index (Phi) is 5.89. The number of hydrogen-bond acceptors (Lipinski definition) is 2. The molecule has 0 aromatic heterocycles. The highest BCUT2D eigenvalue weighted by atomic mass is 79.9. The summed E-state index contributed by atoms with van der Waals surface area (Å²) >= 11 is 5.68. The molecule has 0 amide bonds. The molecule has 17 heavy (non-hydrogen) atoms. The molecule has 1 aliphatic heterocycles. The van der Waals surface area contributed by atoms with Crippen LogP contribution >= 0.6 is 27.7 Å². The van der Waals surface area contributed by atoms with Gasteiger partial charge in [0, 0.05) is 9.72 Å². The monoisotopic (exact) mass is 313 g/mol. The van der Waals surface area contributed by atoms with Crippen LogP contribution in [0.25, 0.3) is 0 Å². The Labute approximate surface area is 117 Å². The van der Waals surface area contributed by atoms with E-state index in [1.165, 1.54) is 54.6 Å². The SMILES string of the molecule is Brc1cccc(CCSC2CCCNCC2)c1. The molecule has 1 nitrogen and oxygen atoms in total. The number of thioether (sulfide) groups is 1. The molecule has 1 fully saturated rings. The predicted molar refractivity (Wildman–Crippen MR) is 80.8 cm³/mol. The van der Waals surface area contributed by atoms with E-state index in [2.05, 4.69) is 57.3 Å². The van der Waals surface area contributed by atoms with Gasteiger partial charge in [0.15, 0.2) is 0 Å².